The normalized spacial score (nSPS) is 10.9. The van der Waals surface area contributed by atoms with E-state index in [4.69, 9.17) is 114 Å². The maximum Gasteiger partial charge on any atom is 0.423 e. The zero-order valence-corrected chi connectivity index (χ0v) is 57.0. The summed E-state index contributed by atoms with van der Waals surface area (Å²) >= 11 is 34.9. The minimum Gasteiger partial charge on any atom is -0.508 e. The molecule has 0 spiro atoms. The molecule has 0 fully saturated rings. The van der Waals surface area contributed by atoms with Gasteiger partial charge in [0.1, 0.15) is 52.2 Å². The molecule has 102 heavy (non-hydrogen) atoms. The summed E-state index contributed by atoms with van der Waals surface area (Å²) in [5.74, 6) is -2.48. The predicted molar refractivity (Wildman–Crippen MR) is 380 cm³/mol. The minimum absolute atomic E-state index is 0. The van der Waals surface area contributed by atoms with E-state index in [1.54, 1.807) is 62.4 Å². The lowest BCUT2D eigenvalue weighted by Gasteiger charge is -2.13. The van der Waals surface area contributed by atoms with Crippen LogP contribution in [0.2, 0.25) is 30.1 Å². The van der Waals surface area contributed by atoms with Gasteiger partial charge in [0.25, 0.3) is 11.2 Å². The van der Waals surface area contributed by atoms with Crippen LogP contribution >= 0.6 is 69.6 Å². The fourth-order valence-corrected chi connectivity index (χ4v) is 10.4. The summed E-state index contributed by atoms with van der Waals surface area (Å²) in [5.41, 5.74) is 6.03. The smallest absolute Gasteiger partial charge is 0.423 e. The molecule has 6 heterocycles. The first-order valence-electron chi connectivity index (χ1n) is 28.4. The summed E-state index contributed by atoms with van der Waals surface area (Å²) in [7, 11) is 0. The van der Waals surface area contributed by atoms with Gasteiger partial charge in [-0.15, -0.1) is 4.57 Å². The molecule has 0 atom stereocenters. The number of nitrogens with zero attached hydrogens (tertiary/aromatic N) is 8. The van der Waals surface area contributed by atoms with E-state index in [0.29, 0.717) is 68.0 Å². The SMILES string of the molecule is C.C=c1ccc2c(c1)Oc1cc(O)ccc1N=2.CC(=O)[n+]1c2ccc(=O)cc-2oc2cc(O)ccc21.CC1=CCC=N1.Cc1cn(C(=O)C(=O)n2cnc(C)c2)cn1.O=C(Oc1c(Cl)cc(Cl)cc1Cl)C(=O)Oc1c(Cl)cc(Cl)cc1Cl.O=c1ccc2nc3ccc(O)cc3oc-2c1.OO.OO. The summed E-state index contributed by atoms with van der Waals surface area (Å²) in [4.78, 5) is 102. The van der Waals surface area contributed by atoms with Crippen LogP contribution in [0.4, 0.5) is 5.69 Å². The zero-order valence-electron chi connectivity index (χ0n) is 52.5. The number of aromatic hydroxyl groups is 3. The lowest BCUT2D eigenvalue weighted by atomic mass is 10.2. The summed E-state index contributed by atoms with van der Waals surface area (Å²) in [5, 5.41) is 54.0. The molecule has 33 heteroatoms. The third-order valence-electron chi connectivity index (χ3n) is 13.0. The topological polar surface area (TPSA) is 392 Å². The van der Waals surface area contributed by atoms with Crippen molar-refractivity contribution in [3.63, 3.8) is 0 Å². The number of phenols is 3. The average molecular weight is 1510 g/mol. The molecule has 8 aromatic rings. The molecule has 4 aliphatic heterocycles. The molecule has 0 radical (unpaired) electrons. The number of aromatic nitrogens is 6. The second-order valence-electron chi connectivity index (χ2n) is 20.4. The first kappa shape index (κ1) is 79.8. The first-order chi connectivity index (χ1) is 48.2. The highest BCUT2D eigenvalue weighted by atomic mass is 35.5. The van der Waals surface area contributed by atoms with Crippen LogP contribution in [-0.4, -0.2) is 96.3 Å². The van der Waals surface area contributed by atoms with Crippen molar-refractivity contribution < 1.29 is 87.9 Å². The number of rotatable bonds is 2. The van der Waals surface area contributed by atoms with Crippen LogP contribution < -0.4 is 40.2 Å². The van der Waals surface area contributed by atoms with Gasteiger partial charge in [-0.3, -0.25) is 54.3 Å². The van der Waals surface area contributed by atoms with Crippen LogP contribution in [0.25, 0.3) is 51.7 Å². The number of hydrogen-bond acceptors (Lipinski definition) is 24. The molecular weight excluding hydrogens is 1460 g/mol. The van der Waals surface area contributed by atoms with E-state index in [0.717, 1.165) is 37.5 Å². The molecule has 0 saturated carbocycles. The predicted octanol–water partition coefficient (Wildman–Crippen LogP) is 14.2. The van der Waals surface area contributed by atoms with E-state index in [9.17, 15) is 48.9 Å². The largest absolute Gasteiger partial charge is 0.508 e. The number of carbonyl (C=O) groups is 5. The lowest BCUT2D eigenvalue weighted by Crippen LogP contribution is -2.43. The molecular formula is C69H55Cl6N8O19+. The quantitative estimate of drug-likeness (QED) is 0.0161. The number of aliphatic imine (C=N–C) groups is 1. The van der Waals surface area contributed by atoms with Crippen molar-refractivity contribution in [1.29, 1.82) is 0 Å². The molecule has 2 aliphatic carbocycles. The van der Waals surface area contributed by atoms with Crippen molar-refractivity contribution in [1.82, 2.24) is 24.1 Å². The van der Waals surface area contributed by atoms with Gasteiger partial charge >= 0.3 is 29.7 Å². The zero-order chi connectivity index (χ0) is 73.9. The van der Waals surface area contributed by atoms with Gasteiger partial charge in [-0.05, 0) is 111 Å². The number of carbonyl (C=O) groups excluding carboxylic acids is 5. The molecule has 0 unspecified atom stereocenters. The molecule has 0 bridgehead atoms. The van der Waals surface area contributed by atoms with Crippen molar-refractivity contribution >= 4 is 140 Å². The van der Waals surface area contributed by atoms with Crippen molar-refractivity contribution in [3.05, 3.63) is 243 Å². The Hall–Kier alpha value is -11.2. The molecule has 0 amide bonds. The van der Waals surface area contributed by atoms with Crippen LogP contribution in [0.5, 0.6) is 40.2 Å². The van der Waals surface area contributed by atoms with Crippen LogP contribution in [-0.2, 0) is 9.59 Å². The molecule has 2 aromatic heterocycles. The van der Waals surface area contributed by atoms with Crippen molar-refractivity contribution in [3.8, 4) is 63.2 Å². The van der Waals surface area contributed by atoms with Gasteiger partial charge in [0, 0.05) is 83.2 Å². The number of phenolic OH excluding ortho intramolecular Hbond substituents is 3. The number of halogens is 6. The van der Waals surface area contributed by atoms with Crippen LogP contribution in [0.3, 0.4) is 0 Å². The third kappa shape index (κ3) is 21.2. The fraction of sp³-hybridized carbons (Fsp3) is 0.0870. The summed E-state index contributed by atoms with van der Waals surface area (Å²) in [6, 6.07) is 33.4. The lowest BCUT2D eigenvalue weighted by molar-refractivity contribution is -0.534. The van der Waals surface area contributed by atoms with Gasteiger partial charge in [0.15, 0.2) is 45.2 Å². The molecule has 0 saturated heterocycles. The van der Waals surface area contributed by atoms with Gasteiger partial charge in [-0.1, -0.05) is 95.8 Å². The van der Waals surface area contributed by atoms with E-state index in [2.05, 4.69) is 37.6 Å². The van der Waals surface area contributed by atoms with Gasteiger partial charge in [-0.25, -0.2) is 34.3 Å². The van der Waals surface area contributed by atoms with E-state index < -0.39 is 23.8 Å². The number of benzene rings is 8. The average Bonchev–Trinajstić information content (AvgIpc) is 1.25. The molecule has 7 N–H and O–H groups in total. The Kier molecular flexibility index (Phi) is 28.7. The number of ether oxygens (including phenoxy) is 3. The van der Waals surface area contributed by atoms with E-state index in [-0.39, 0.29) is 83.1 Å². The van der Waals surface area contributed by atoms with Crippen molar-refractivity contribution in [2.24, 2.45) is 9.98 Å². The molecule has 6 aliphatic rings. The van der Waals surface area contributed by atoms with Crippen molar-refractivity contribution in [2.45, 2.75) is 41.5 Å². The third-order valence-corrected chi connectivity index (χ3v) is 14.6. The van der Waals surface area contributed by atoms with Gasteiger partial charge in [0.2, 0.25) is 11.3 Å². The Morgan fingerprint density at radius 3 is 1.58 bits per heavy atom. The number of fused-ring (bicyclic) bond motifs is 6. The van der Waals surface area contributed by atoms with Gasteiger partial charge < -0.3 is 38.4 Å². The maximum absolute atomic E-state index is 11.8. The van der Waals surface area contributed by atoms with E-state index in [1.165, 1.54) is 103 Å². The van der Waals surface area contributed by atoms with Crippen LogP contribution in [0.1, 0.15) is 53.5 Å². The maximum atomic E-state index is 11.8. The Labute approximate surface area is 605 Å². The second kappa shape index (κ2) is 36.7. The summed E-state index contributed by atoms with van der Waals surface area (Å²) in [6.45, 7) is 10.8. The van der Waals surface area contributed by atoms with Crippen molar-refractivity contribution in [2.75, 3.05) is 0 Å². The Bertz CT molecular complexity index is 5180. The first-order valence-corrected chi connectivity index (χ1v) is 30.7. The standard InChI is InChI=1S/C14H4Cl6O4.C14H9NO4.C13H9NO2.C12H7NO3.C10H10N4O2.C5H7N.CH4.2H2O2/c15-5-1-7(17)11(8(18)2-5)23-13(21)14(22)24-12-9(19)3-6(16)4-10(12)20;1-8(16)15-11-4-2-9(17)6-13(11)19-14-7-10(18)3-5-12(14)15;1-8-2-4-10-12(6-8)16-13-7-9(15)3-5-11(13)14-10;14-7-1-3-9-11(5-7)16-12-6-8(15)2-4-10(12)13-9;1-7-3-13(5-11-7)9(15)10(16)14-4-8(2)12-6-14;1-5-3-2-4-6-5;;2*1-2/h1-4H;2-7H,1H3;2-7,15H,1H2;1-6,14H;3-6H,1-2H3;3-4H,2H2,1H3;1H4;2*1-2H/p+1. The molecule has 526 valence electrons. The second-order valence-corrected chi connectivity index (χ2v) is 22.9. The number of aryl methyl sites for hydroxylation is 2. The number of imidazole rings is 2. The molecule has 6 aromatic carbocycles. The number of allylic oxidation sites excluding steroid dienone is 2. The summed E-state index contributed by atoms with van der Waals surface area (Å²) < 4.78 is 30.1. The number of hydrogen-bond donors (Lipinski definition) is 7. The Morgan fingerprint density at radius 1 is 0.578 bits per heavy atom. The summed E-state index contributed by atoms with van der Waals surface area (Å²) in [6.07, 6.45) is 10.7. The van der Waals surface area contributed by atoms with Crippen LogP contribution in [0, 0.1) is 13.8 Å². The minimum atomic E-state index is -1.39. The van der Waals surface area contributed by atoms with Gasteiger partial charge in [-0.2, -0.15) is 0 Å². The molecule has 14 rings (SSSR count). The van der Waals surface area contributed by atoms with Crippen LogP contribution in [0.15, 0.2) is 199 Å². The highest BCUT2D eigenvalue weighted by Crippen LogP contribution is 2.39. The fourth-order valence-electron chi connectivity index (χ4n) is 8.65. The van der Waals surface area contributed by atoms with E-state index >= 15 is 0 Å². The highest BCUT2D eigenvalue weighted by Gasteiger charge is 2.28. The van der Waals surface area contributed by atoms with Gasteiger partial charge in [0.05, 0.1) is 38.4 Å². The monoisotopic (exact) mass is 1510 g/mol. The molecule has 27 nitrogen and oxygen atoms in total. The Balaban J connectivity index is 0.000000194. The number of esters is 2. The highest BCUT2D eigenvalue weighted by molar-refractivity contribution is 6.42. The van der Waals surface area contributed by atoms with E-state index in [1.807, 2.05) is 31.3 Å². The Morgan fingerprint density at radius 2 is 1.08 bits per heavy atom.